The summed E-state index contributed by atoms with van der Waals surface area (Å²) in [5.41, 5.74) is 0. The molecule has 106 valence electrons. The fourth-order valence-electron chi connectivity index (χ4n) is 1.91. The summed E-state index contributed by atoms with van der Waals surface area (Å²) < 4.78 is 68.5. The molecule has 0 atom stereocenters. The third-order valence-electron chi connectivity index (χ3n) is 2.84. The number of hydrogen-bond acceptors (Lipinski definition) is 2. The number of nitrogens with zero attached hydrogens (tertiary/aromatic N) is 2. The normalized spacial score (nSPS) is 16.3. The third kappa shape index (κ3) is 2.42. The van der Waals surface area contributed by atoms with Crippen molar-refractivity contribution in [3.05, 3.63) is 0 Å². The van der Waals surface area contributed by atoms with Crippen molar-refractivity contribution >= 4 is 7.53 Å². The van der Waals surface area contributed by atoms with E-state index in [1.807, 2.05) is 0 Å². The molecule has 0 spiro atoms. The van der Waals surface area contributed by atoms with Gasteiger partial charge in [0.15, 0.2) is 0 Å². The SMILES string of the molecule is CCN(CC)P(F)(F)(N(CC)CC)C(F)(F)F. The fourth-order valence-corrected chi connectivity index (χ4v) is 4.84. The fraction of sp³-hybridized carbons (Fsp3) is 1.00. The van der Waals surface area contributed by atoms with E-state index in [0.29, 0.717) is 0 Å². The summed E-state index contributed by atoms with van der Waals surface area (Å²) in [6.07, 6.45) is 0. The Labute approximate surface area is 99.0 Å². The molecule has 0 rings (SSSR count). The van der Waals surface area contributed by atoms with E-state index in [-0.39, 0.29) is 35.5 Å². The summed E-state index contributed by atoms with van der Waals surface area (Å²) >= 11 is 0. The first-order valence-electron chi connectivity index (χ1n) is 5.62. The first-order chi connectivity index (χ1) is 7.60. The van der Waals surface area contributed by atoms with Gasteiger partial charge in [0.2, 0.25) is 0 Å². The molecule has 0 aromatic heterocycles. The van der Waals surface area contributed by atoms with E-state index in [9.17, 15) is 21.6 Å². The number of alkyl halides is 3. The average Bonchev–Trinajstić information content (AvgIpc) is 2.18. The Hall–Kier alpha value is -0.0000000000000000278. The van der Waals surface area contributed by atoms with Gasteiger partial charge in [-0.25, -0.2) is 0 Å². The Balaban J connectivity index is 5.81. The van der Waals surface area contributed by atoms with Gasteiger partial charge >= 0.3 is 98.2 Å². The van der Waals surface area contributed by atoms with Crippen LogP contribution in [0.3, 0.4) is 0 Å². The zero-order valence-corrected chi connectivity index (χ0v) is 11.5. The van der Waals surface area contributed by atoms with Crippen LogP contribution in [-0.2, 0) is 0 Å². The van der Waals surface area contributed by atoms with Crippen molar-refractivity contribution in [1.29, 1.82) is 0 Å². The molecule has 0 saturated heterocycles. The molecule has 0 aliphatic rings. The van der Waals surface area contributed by atoms with Crippen LogP contribution < -0.4 is 0 Å². The van der Waals surface area contributed by atoms with Crippen molar-refractivity contribution in [3.8, 4) is 0 Å². The van der Waals surface area contributed by atoms with Gasteiger partial charge in [0.25, 0.3) is 0 Å². The standard InChI is InChI=1S/C9H20F5N2P/c1-5-15(6-2)17(13,14,9(10,11)12)16(7-3)8-4/h5-8H2,1-4H3. The van der Waals surface area contributed by atoms with Gasteiger partial charge in [-0.15, -0.1) is 0 Å². The molecule has 0 radical (unpaired) electrons. The Bertz CT molecular complexity index is 232. The molecular weight excluding hydrogens is 262 g/mol. The summed E-state index contributed by atoms with van der Waals surface area (Å²) in [4.78, 5) is 0. The first kappa shape index (κ1) is 17.0. The predicted octanol–water partition coefficient (Wildman–Crippen LogP) is 4.34. The van der Waals surface area contributed by atoms with Crippen LogP contribution in [0.1, 0.15) is 27.7 Å². The summed E-state index contributed by atoms with van der Waals surface area (Å²) in [5, 5.41) is 0. The molecule has 0 heterocycles. The molecule has 0 amide bonds. The molecule has 0 bridgehead atoms. The zero-order valence-electron chi connectivity index (χ0n) is 10.6. The van der Waals surface area contributed by atoms with Crippen molar-refractivity contribution in [2.45, 2.75) is 33.6 Å². The van der Waals surface area contributed by atoms with Crippen LogP contribution >= 0.6 is 7.53 Å². The second-order valence-corrected chi connectivity index (χ2v) is 6.86. The first-order valence-corrected chi connectivity index (χ1v) is 7.55. The van der Waals surface area contributed by atoms with Gasteiger partial charge in [-0.2, -0.15) is 0 Å². The Morgan fingerprint density at radius 3 is 1.12 bits per heavy atom. The van der Waals surface area contributed by atoms with E-state index >= 15 is 0 Å². The zero-order chi connectivity index (χ0) is 13.9. The molecule has 0 aromatic carbocycles. The van der Waals surface area contributed by atoms with E-state index < -0.39 is 13.4 Å². The summed E-state index contributed by atoms with van der Waals surface area (Å²) in [6, 6.07) is 0. The molecule has 8 heteroatoms. The van der Waals surface area contributed by atoms with Crippen LogP contribution in [0.5, 0.6) is 0 Å². The monoisotopic (exact) mass is 282 g/mol. The molecule has 17 heavy (non-hydrogen) atoms. The Morgan fingerprint density at radius 2 is 1.00 bits per heavy atom. The minimum atomic E-state index is -7.03. The van der Waals surface area contributed by atoms with Crippen LogP contribution in [0.2, 0.25) is 0 Å². The topological polar surface area (TPSA) is 6.48 Å². The van der Waals surface area contributed by atoms with E-state index in [1.54, 1.807) is 0 Å². The van der Waals surface area contributed by atoms with Gasteiger partial charge in [0.1, 0.15) is 0 Å². The van der Waals surface area contributed by atoms with Crippen LogP contribution in [-0.4, -0.2) is 41.4 Å². The van der Waals surface area contributed by atoms with E-state index in [1.165, 1.54) is 27.7 Å². The van der Waals surface area contributed by atoms with Gasteiger partial charge in [-0.05, 0) is 0 Å². The second-order valence-electron chi connectivity index (χ2n) is 3.57. The predicted molar refractivity (Wildman–Crippen MR) is 61.0 cm³/mol. The van der Waals surface area contributed by atoms with E-state index in [2.05, 4.69) is 0 Å². The molecule has 2 nitrogen and oxygen atoms in total. The Kier molecular flexibility index (Phi) is 5.33. The minimum absolute atomic E-state index is 0.276. The molecule has 0 fully saturated rings. The molecule has 0 aromatic rings. The van der Waals surface area contributed by atoms with Crippen LogP contribution in [0.15, 0.2) is 0 Å². The summed E-state index contributed by atoms with van der Waals surface area (Å²) in [5.74, 6) is -5.51. The summed E-state index contributed by atoms with van der Waals surface area (Å²) in [7, 11) is -7.03. The molecular formula is C9H20F5N2P. The second kappa shape index (κ2) is 5.33. The van der Waals surface area contributed by atoms with E-state index in [0.717, 1.165) is 0 Å². The van der Waals surface area contributed by atoms with Crippen LogP contribution in [0.4, 0.5) is 21.6 Å². The van der Waals surface area contributed by atoms with Gasteiger partial charge in [0.05, 0.1) is 0 Å². The number of halogens is 5. The van der Waals surface area contributed by atoms with Crippen LogP contribution in [0, 0.1) is 0 Å². The van der Waals surface area contributed by atoms with Crippen molar-refractivity contribution in [3.63, 3.8) is 0 Å². The number of hydrogen-bond donors (Lipinski definition) is 0. The van der Waals surface area contributed by atoms with Crippen molar-refractivity contribution < 1.29 is 21.6 Å². The van der Waals surface area contributed by atoms with Gasteiger partial charge in [-0.3, -0.25) is 0 Å². The van der Waals surface area contributed by atoms with Gasteiger partial charge in [0, 0.05) is 0 Å². The van der Waals surface area contributed by atoms with Crippen molar-refractivity contribution in [2.24, 2.45) is 0 Å². The van der Waals surface area contributed by atoms with Gasteiger partial charge < -0.3 is 0 Å². The molecule has 0 aliphatic carbocycles. The summed E-state index contributed by atoms with van der Waals surface area (Å²) in [6.45, 7) is 3.99. The maximum atomic E-state index is 14.5. The van der Waals surface area contributed by atoms with Gasteiger partial charge in [-0.1, -0.05) is 0 Å². The molecule has 0 unspecified atom stereocenters. The number of rotatable bonds is 6. The van der Waals surface area contributed by atoms with Crippen LogP contribution in [0.25, 0.3) is 0 Å². The van der Waals surface area contributed by atoms with E-state index in [4.69, 9.17) is 0 Å². The molecule has 0 aliphatic heterocycles. The third-order valence-corrected chi connectivity index (χ3v) is 6.74. The average molecular weight is 282 g/mol. The maximum absolute atomic E-state index is 14.5. The quantitative estimate of drug-likeness (QED) is 0.528. The molecule has 0 N–H and O–H groups in total. The Morgan fingerprint density at radius 1 is 0.765 bits per heavy atom. The van der Waals surface area contributed by atoms with Crippen molar-refractivity contribution in [2.75, 3.05) is 26.2 Å². The molecule has 0 saturated carbocycles. The van der Waals surface area contributed by atoms with Crippen molar-refractivity contribution in [1.82, 2.24) is 9.34 Å².